The Balaban J connectivity index is 1.45. The summed E-state index contributed by atoms with van der Waals surface area (Å²) in [5, 5.41) is 11.5. The van der Waals surface area contributed by atoms with Gasteiger partial charge in [0, 0.05) is 31.0 Å². The monoisotopic (exact) mass is 272 g/mol. The van der Waals surface area contributed by atoms with Crippen molar-refractivity contribution in [1.29, 1.82) is 0 Å². The number of nitrogens with one attached hydrogen (secondary N) is 1. The molecule has 4 heterocycles. The second kappa shape index (κ2) is 4.70. The molecule has 0 amide bonds. The highest BCUT2D eigenvalue weighted by molar-refractivity contribution is 5.61. The van der Waals surface area contributed by atoms with Crippen LogP contribution in [-0.4, -0.2) is 50.2 Å². The molecule has 2 fully saturated rings. The van der Waals surface area contributed by atoms with Crippen LogP contribution in [0.2, 0.25) is 0 Å². The molecule has 2 atom stereocenters. The molecule has 2 aromatic rings. The predicted octanol–water partition coefficient (Wildman–Crippen LogP) is 1.41. The maximum atomic E-state index is 4.39. The molecular weight excluding hydrogens is 252 g/mol. The highest BCUT2D eigenvalue weighted by atomic mass is 15.2. The summed E-state index contributed by atoms with van der Waals surface area (Å²) in [5.74, 6) is 1.59. The van der Waals surface area contributed by atoms with Gasteiger partial charge < -0.3 is 10.2 Å². The summed E-state index contributed by atoms with van der Waals surface area (Å²) < 4.78 is 1.90. The Bertz CT molecular complexity index is 594. The van der Waals surface area contributed by atoms with Gasteiger partial charge in [0.05, 0.1) is 0 Å². The maximum Gasteiger partial charge on any atom is 0.203 e. The van der Waals surface area contributed by atoms with Gasteiger partial charge in [-0.3, -0.25) is 4.40 Å². The fraction of sp³-hybridized carbons (Fsp3) is 0.643. The number of hydrogen-bond donors (Lipinski definition) is 1. The standard InChI is InChI=1S/C14H20N6/c1-19-11-2-3-12(19)7-10(6-11)8-16-13-14-18-17-9-20(14)5-4-15-13/h4-5,9-12H,2-3,6-8H2,1H3,(H,15,16). The molecule has 2 aromatic heterocycles. The van der Waals surface area contributed by atoms with E-state index in [0.717, 1.165) is 36.0 Å². The lowest BCUT2D eigenvalue weighted by atomic mass is 9.91. The van der Waals surface area contributed by atoms with Gasteiger partial charge in [-0.25, -0.2) is 4.98 Å². The molecule has 2 aliphatic heterocycles. The number of fused-ring (bicyclic) bond motifs is 3. The summed E-state index contributed by atoms with van der Waals surface area (Å²) >= 11 is 0. The molecule has 0 saturated carbocycles. The Kier molecular flexibility index (Phi) is 2.84. The summed E-state index contributed by atoms with van der Waals surface area (Å²) in [6.07, 6.45) is 10.7. The number of rotatable bonds is 3. The van der Waals surface area contributed by atoms with Gasteiger partial charge in [0.15, 0.2) is 5.82 Å². The molecule has 2 unspecified atom stereocenters. The van der Waals surface area contributed by atoms with Crippen molar-refractivity contribution in [3.63, 3.8) is 0 Å². The van der Waals surface area contributed by atoms with Crippen LogP contribution >= 0.6 is 0 Å². The number of piperidine rings is 1. The number of aromatic nitrogens is 4. The zero-order valence-corrected chi connectivity index (χ0v) is 11.7. The van der Waals surface area contributed by atoms with Crippen LogP contribution < -0.4 is 5.32 Å². The highest BCUT2D eigenvalue weighted by Gasteiger charge is 2.38. The Morgan fingerprint density at radius 1 is 1.30 bits per heavy atom. The van der Waals surface area contributed by atoms with Crippen LogP contribution in [0.15, 0.2) is 18.7 Å². The minimum atomic E-state index is 0.744. The topological polar surface area (TPSA) is 58.4 Å². The van der Waals surface area contributed by atoms with Gasteiger partial charge >= 0.3 is 0 Å². The molecule has 0 aliphatic carbocycles. The van der Waals surface area contributed by atoms with Crippen LogP contribution in [0.5, 0.6) is 0 Å². The Hall–Kier alpha value is -1.69. The zero-order chi connectivity index (χ0) is 13.5. The second-order valence-corrected chi connectivity index (χ2v) is 6.11. The van der Waals surface area contributed by atoms with Crippen molar-refractivity contribution >= 4 is 11.5 Å². The van der Waals surface area contributed by atoms with Crippen LogP contribution in [0.1, 0.15) is 25.7 Å². The van der Waals surface area contributed by atoms with E-state index in [1.165, 1.54) is 25.7 Å². The van der Waals surface area contributed by atoms with Crippen LogP contribution in [0, 0.1) is 5.92 Å². The van der Waals surface area contributed by atoms with Gasteiger partial charge in [-0.1, -0.05) is 0 Å². The van der Waals surface area contributed by atoms with E-state index >= 15 is 0 Å². The lowest BCUT2D eigenvalue weighted by molar-refractivity contribution is 0.139. The van der Waals surface area contributed by atoms with E-state index in [0.29, 0.717) is 0 Å². The SMILES string of the molecule is CN1C2CCC1CC(CNc1nccn3cnnc13)C2. The molecule has 4 rings (SSSR count). The second-order valence-electron chi connectivity index (χ2n) is 6.11. The van der Waals surface area contributed by atoms with Crippen molar-refractivity contribution < 1.29 is 0 Å². The van der Waals surface area contributed by atoms with Crippen molar-refractivity contribution in [1.82, 2.24) is 24.5 Å². The van der Waals surface area contributed by atoms with Crippen LogP contribution in [0.4, 0.5) is 5.82 Å². The van der Waals surface area contributed by atoms with Crippen molar-refractivity contribution in [2.75, 3.05) is 18.9 Å². The molecule has 2 saturated heterocycles. The molecule has 1 N–H and O–H groups in total. The van der Waals surface area contributed by atoms with E-state index in [1.54, 1.807) is 12.5 Å². The zero-order valence-electron chi connectivity index (χ0n) is 11.7. The van der Waals surface area contributed by atoms with Crippen molar-refractivity contribution in [3.8, 4) is 0 Å². The van der Waals surface area contributed by atoms with E-state index in [2.05, 4.69) is 32.4 Å². The highest BCUT2D eigenvalue weighted by Crippen LogP contribution is 2.37. The molecule has 0 radical (unpaired) electrons. The molecule has 6 nitrogen and oxygen atoms in total. The molecule has 0 aromatic carbocycles. The third kappa shape index (κ3) is 1.95. The smallest absolute Gasteiger partial charge is 0.203 e. The molecule has 106 valence electrons. The lowest BCUT2D eigenvalue weighted by Crippen LogP contribution is -2.41. The average molecular weight is 272 g/mol. The summed E-state index contributed by atoms with van der Waals surface area (Å²) in [6.45, 7) is 0.986. The van der Waals surface area contributed by atoms with Gasteiger partial charge in [-0.05, 0) is 38.6 Å². The van der Waals surface area contributed by atoms with E-state index in [4.69, 9.17) is 0 Å². The van der Waals surface area contributed by atoms with Gasteiger partial charge in [0.25, 0.3) is 0 Å². The van der Waals surface area contributed by atoms with E-state index in [9.17, 15) is 0 Å². The molecular formula is C14H20N6. The van der Waals surface area contributed by atoms with Crippen molar-refractivity contribution in [2.45, 2.75) is 37.8 Å². The Labute approximate surface area is 118 Å². The number of anilines is 1. The lowest BCUT2D eigenvalue weighted by Gasteiger charge is -2.36. The molecule has 6 heteroatoms. The van der Waals surface area contributed by atoms with Crippen molar-refractivity contribution in [3.05, 3.63) is 18.7 Å². The fourth-order valence-electron chi connectivity index (χ4n) is 3.82. The van der Waals surface area contributed by atoms with E-state index < -0.39 is 0 Å². The maximum absolute atomic E-state index is 4.39. The number of nitrogens with zero attached hydrogens (tertiary/aromatic N) is 5. The summed E-state index contributed by atoms with van der Waals surface area (Å²) in [7, 11) is 2.28. The Morgan fingerprint density at radius 3 is 2.90 bits per heavy atom. The van der Waals surface area contributed by atoms with Gasteiger partial charge in [0.2, 0.25) is 5.65 Å². The van der Waals surface area contributed by atoms with Crippen LogP contribution in [0.25, 0.3) is 5.65 Å². The first-order valence-corrected chi connectivity index (χ1v) is 7.41. The van der Waals surface area contributed by atoms with Crippen molar-refractivity contribution in [2.24, 2.45) is 5.92 Å². The summed E-state index contributed by atoms with van der Waals surface area (Å²) in [5.41, 5.74) is 0.809. The molecule has 0 spiro atoms. The van der Waals surface area contributed by atoms with Crippen LogP contribution in [-0.2, 0) is 0 Å². The van der Waals surface area contributed by atoms with Crippen LogP contribution in [0.3, 0.4) is 0 Å². The quantitative estimate of drug-likeness (QED) is 0.915. The first kappa shape index (κ1) is 12.1. The largest absolute Gasteiger partial charge is 0.367 e. The minimum absolute atomic E-state index is 0.744. The molecule has 20 heavy (non-hydrogen) atoms. The normalized spacial score (nSPS) is 29.9. The summed E-state index contributed by atoms with van der Waals surface area (Å²) in [4.78, 5) is 6.96. The van der Waals surface area contributed by atoms with E-state index in [-0.39, 0.29) is 0 Å². The van der Waals surface area contributed by atoms with Gasteiger partial charge in [-0.2, -0.15) is 0 Å². The van der Waals surface area contributed by atoms with Gasteiger partial charge in [0.1, 0.15) is 6.33 Å². The molecule has 2 bridgehead atoms. The van der Waals surface area contributed by atoms with Gasteiger partial charge in [-0.15, -0.1) is 10.2 Å². The first-order valence-electron chi connectivity index (χ1n) is 7.41. The third-order valence-electron chi connectivity index (χ3n) is 4.97. The first-order chi connectivity index (χ1) is 9.81. The molecule has 2 aliphatic rings. The average Bonchev–Trinajstić information content (AvgIpc) is 2.99. The van der Waals surface area contributed by atoms with E-state index in [1.807, 2.05) is 10.6 Å². The minimum Gasteiger partial charge on any atom is -0.367 e. The Morgan fingerprint density at radius 2 is 2.10 bits per heavy atom. The number of hydrogen-bond acceptors (Lipinski definition) is 5. The fourth-order valence-corrected chi connectivity index (χ4v) is 3.82. The predicted molar refractivity (Wildman–Crippen MR) is 76.6 cm³/mol. The summed E-state index contributed by atoms with van der Waals surface area (Å²) in [6, 6.07) is 1.58. The third-order valence-corrected chi connectivity index (χ3v) is 4.97.